The van der Waals surface area contributed by atoms with Gasteiger partial charge in [-0.15, -0.1) is 0 Å². The van der Waals surface area contributed by atoms with Crippen LogP contribution < -0.4 is 5.73 Å². The molecule has 0 unspecified atom stereocenters. The fourth-order valence-electron chi connectivity index (χ4n) is 1.36. The van der Waals surface area contributed by atoms with Crippen LogP contribution in [0.2, 0.25) is 0 Å². The van der Waals surface area contributed by atoms with Crippen molar-refractivity contribution in [2.24, 2.45) is 0 Å². The van der Waals surface area contributed by atoms with Crippen molar-refractivity contribution in [3.05, 3.63) is 29.3 Å². The molecule has 0 atom stereocenters. The first kappa shape index (κ1) is 9.78. The van der Waals surface area contributed by atoms with E-state index >= 15 is 0 Å². The molecule has 2 N–H and O–H groups in total. The highest BCUT2D eigenvalue weighted by molar-refractivity contribution is 5.78. The van der Waals surface area contributed by atoms with Crippen molar-refractivity contribution in [2.75, 3.05) is 5.73 Å². The number of aryl methyl sites for hydroxylation is 1. The van der Waals surface area contributed by atoms with Crippen molar-refractivity contribution in [3.63, 3.8) is 0 Å². The van der Waals surface area contributed by atoms with Crippen LogP contribution in [0.1, 0.15) is 25.0 Å². The minimum atomic E-state index is 0.187. The first-order valence-corrected chi connectivity index (χ1v) is 4.50. The molecule has 2 nitrogen and oxygen atoms in total. The predicted molar refractivity (Wildman–Crippen MR) is 54.6 cm³/mol. The summed E-state index contributed by atoms with van der Waals surface area (Å²) in [6.07, 6.45) is 1.42. The molecule has 0 heterocycles. The number of benzene rings is 1. The Labute approximate surface area is 78.8 Å². The van der Waals surface area contributed by atoms with Gasteiger partial charge in [-0.05, 0) is 30.5 Å². The molecule has 0 aliphatic rings. The molecular formula is C11H15NO. The zero-order valence-electron chi connectivity index (χ0n) is 8.13. The molecule has 0 fully saturated rings. The Bertz CT molecular complexity index is 318. The second-order valence-corrected chi connectivity index (χ2v) is 3.27. The van der Waals surface area contributed by atoms with E-state index in [0.717, 1.165) is 23.2 Å². The Hall–Kier alpha value is -1.31. The van der Waals surface area contributed by atoms with E-state index in [1.54, 1.807) is 6.92 Å². The van der Waals surface area contributed by atoms with E-state index in [9.17, 15) is 4.79 Å². The average Bonchev–Trinajstić information content (AvgIpc) is 2.07. The minimum Gasteiger partial charge on any atom is -0.399 e. The highest BCUT2D eigenvalue weighted by atomic mass is 16.1. The smallest absolute Gasteiger partial charge is 0.134 e. The molecule has 1 aromatic rings. The van der Waals surface area contributed by atoms with Gasteiger partial charge in [0, 0.05) is 12.1 Å². The Morgan fingerprint density at radius 2 is 2.15 bits per heavy atom. The molecule has 0 bridgehead atoms. The van der Waals surface area contributed by atoms with Gasteiger partial charge in [0.2, 0.25) is 0 Å². The largest absolute Gasteiger partial charge is 0.399 e. The predicted octanol–water partition coefficient (Wildman–Crippen LogP) is 1.96. The van der Waals surface area contributed by atoms with E-state index in [2.05, 4.69) is 6.92 Å². The van der Waals surface area contributed by atoms with Crippen LogP contribution in [0.4, 0.5) is 5.69 Å². The van der Waals surface area contributed by atoms with E-state index in [1.165, 1.54) is 0 Å². The standard InChI is InChI=1S/C11H15NO/c1-3-10-7-9(6-8(2)13)4-5-11(10)12/h4-5,7H,3,6,12H2,1-2H3. The average molecular weight is 177 g/mol. The van der Waals surface area contributed by atoms with Crippen LogP contribution in [0.5, 0.6) is 0 Å². The third-order valence-electron chi connectivity index (χ3n) is 2.04. The monoisotopic (exact) mass is 177 g/mol. The third kappa shape index (κ3) is 2.58. The van der Waals surface area contributed by atoms with E-state index in [-0.39, 0.29) is 5.78 Å². The van der Waals surface area contributed by atoms with Crippen molar-refractivity contribution < 1.29 is 4.79 Å². The molecule has 13 heavy (non-hydrogen) atoms. The molecule has 0 radical (unpaired) electrons. The third-order valence-corrected chi connectivity index (χ3v) is 2.04. The molecule has 0 saturated heterocycles. The molecule has 70 valence electrons. The fourth-order valence-corrected chi connectivity index (χ4v) is 1.36. The molecular weight excluding hydrogens is 162 g/mol. The Balaban J connectivity index is 2.92. The lowest BCUT2D eigenvalue weighted by Crippen LogP contribution is -1.99. The highest BCUT2D eigenvalue weighted by Crippen LogP contribution is 2.15. The van der Waals surface area contributed by atoms with E-state index in [1.807, 2.05) is 18.2 Å². The van der Waals surface area contributed by atoms with Crippen LogP contribution in [0, 0.1) is 0 Å². The van der Waals surface area contributed by atoms with Gasteiger partial charge in [0.05, 0.1) is 0 Å². The summed E-state index contributed by atoms with van der Waals surface area (Å²) >= 11 is 0. The molecule has 0 spiro atoms. The van der Waals surface area contributed by atoms with Crippen molar-refractivity contribution >= 4 is 11.5 Å². The number of carbonyl (C=O) groups is 1. The topological polar surface area (TPSA) is 43.1 Å². The quantitative estimate of drug-likeness (QED) is 0.717. The summed E-state index contributed by atoms with van der Waals surface area (Å²) in [6, 6.07) is 5.80. The van der Waals surface area contributed by atoms with Crippen molar-refractivity contribution in [2.45, 2.75) is 26.7 Å². The molecule has 1 rings (SSSR count). The Morgan fingerprint density at radius 1 is 1.46 bits per heavy atom. The van der Waals surface area contributed by atoms with Crippen molar-refractivity contribution in [1.29, 1.82) is 0 Å². The van der Waals surface area contributed by atoms with Gasteiger partial charge < -0.3 is 5.73 Å². The SMILES string of the molecule is CCc1cc(CC(C)=O)ccc1N. The van der Waals surface area contributed by atoms with Gasteiger partial charge in [-0.2, -0.15) is 0 Å². The lowest BCUT2D eigenvalue weighted by atomic mass is 10.0. The molecule has 1 aromatic carbocycles. The highest BCUT2D eigenvalue weighted by Gasteiger charge is 2.01. The zero-order chi connectivity index (χ0) is 9.84. The van der Waals surface area contributed by atoms with Gasteiger partial charge in [-0.25, -0.2) is 0 Å². The summed E-state index contributed by atoms with van der Waals surface area (Å²) < 4.78 is 0. The lowest BCUT2D eigenvalue weighted by Gasteiger charge is -2.05. The number of nitrogens with two attached hydrogens (primary N) is 1. The van der Waals surface area contributed by atoms with Crippen LogP contribution in [0.25, 0.3) is 0 Å². The van der Waals surface area contributed by atoms with Gasteiger partial charge in [-0.3, -0.25) is 4.79 Å². The molecule has 0 aliphatic carbocycles. The van der Waals surface area contributed by atoms with Crippen LogP contribution in [0.15, 0.2) is 18.2 Å². The summed E-state index contributed by atoms with van der Waals surface area (Å²) in [4.78, 5) is 10.9. The summed E-state index contributed by atoms with van der Waals surface area (Å²) in [5.74, 6) is 0.187. The zero-order valence-corrected chi connectivity index (χ0v) is 8.13. The minimum absolute atomic E-state index is 0.187. The molecule has 0 saturated carbocycles. The summed E-state index contributed by atoms with van der Waals surface area (Å²) in [7, 11) is 0. The molecule has 0 amide bonds. The van der Waals surface area contributed by atoms with Gasteiger partial charge in [0.25, 0.3) is 0 Å². The van der Waals surface area contributed by atoms with Crippen LogP contribution in [-0.4, -0.2) is 5.78 Å². The molecule has 0 aliphatic heterocycles. The second-order valence-electron chi connectivity index (χ2n) is 3.27. The number of carbonyl (C=O) groups excluding carboxylic acids is 1. The van der Waals surface area contributed by atoms with Gasteiger partial charge in [0.15, 0.2) is 0 Å². The van der Waals surface area contributed by atoms with Gasteiger partial charge >= 0.3 is 0 Å². The first-order chi connectivity index (χ1) is 6.13. The number of hydrogen-bond donors (Lipinski definition) is 1. The van der Waals surface area contributed by atoms with E-state index < -0.39 is 0 Å². The Kier molecular flexibility index (Phi) is 3.07. The normalized spacial score (nSPS) is 10.0. The summed E-state index contributed by atoms with van der Waals surface area (Å²) in [6.45, 7) is 3.66. The maximum Gasteiger partial charge on any atom is 0.134 e. The summed E-state index contributed by atoms with van der Waals surface area (Å²) in [5, 5.41) is 0. The van der Waals surface area contributed by atoms with Gasteiger partial charge in [-0.1, -0.05) is 19.1 Å². The number of Topliss-reactive ketones (excluding diaryl/α,β-unsaturated/α-hetero) is 1. The van der Waals surface area contributed by atoms with Crippen molar-refractivity contribution in [3.8, 4) is 0 Å². The number of hydrogen-bond acceptors (Lipinski definition) is 2. The first-order valence-electron chi connectivity index (χ1n) is 4.50. The molecule has 0 aromatic heterocycles. The van der Waals surface area contributed by atoms with Crippen LogP contribution in [-0.2, 0) is 17.6 Å². The second kappa shape index (κ2) is 4.08. The van der Waals surface area contributed by atoms with E-state index in [0.29, 0.717) is 6.42 Å². The van der Waals surface area contributed by atoms with Crippen molar-refractivity contribution in [1.82, 2.24) is 0 Å². The number of ketones is 1. The van der Waals surface area contributed by atoms with Crippen LogP contribution >= 0.6 is 0 Å². The lowest BCUT2D eigenvalue weighted by molar-refractivity contribution is -0.116. The van der Waals surface area contributed by atoms with Crippen LogP contribution in [0.3, 0.4) is 0 Å². The summed E-state index contributed by atoms with van der Waals surface area (Å²) in [5.41, 5.74) is 8.74. The maximum absolute atomic E-state index is 10.9. The van der Waals surface area contributed by atoms with E-state index in [4.69, 9.17) is 5.73 Å². The number of nitrogen functional groups attached to an aromatic ring is 1. The van der Waals surface area contributed by atoms with Gasteiger partial charge in [0.1, 0.15) is 5.78 Å². The Morgan fingerprint density at radius 3 is 2.69 bits per heavy atom. The maximum atomic E-state index is 10.9. The number of anilines is 1. The number of rotatable bonds is 3. The molecule has 2 heteroatoms. The fraction of sp³-hybridized carbons (Fsp3) is 0.364.